The summed E-state index contributed by atoms with van der Waals surface area (Å²) >= 11 is 0. The Bertz CT molecular complexity index is 497. The number of oxazole rings is 1. The highest BCUT2D eigenvalue weighted by atomic mass is 16.4. The molecule has 16 heavy (non-hydrogen) atoms. The van der Waals surface area contributed by atoms with Gasteiger partial charge in [-0.15, -0.1) is 0 Å². The molecule has 0 atom stereocenters. The zero-order chi connectivity index (χ0) is 12.1. The quantitative estimate of drug-likeness (QED) is 0.776. The van der Waals surface area contributed by atoms with Crippen LogP contribution in [0.2, 0.25) is 0 Å². The summed E-state index contributed by atoms with van der Waals surface area (Å²) in [7, 11) is 3.75. The molecule has 0 bridgehead atoms. The van der Waals surface area contributed by atoms with Crippen molar-refractivity contribution in [2.75, 3.05) is 14.1 Å². The van der Waals surface area contributed by atoms with E-state index in [4.69, 9.17) is 4.42 Å². The lowest BCUT2D eigenvalue weighted by molar-refractivity contribution is 0.555. The largest absolute Gasteiger partial charge is 0.417 e. The first-order chi connectivity index (χ1) is 7.58. The van der Waals surface area contributed by atoms with Gasteiger partial charge in [0.2, 0.25) is 0 Å². The molecule has 2 aromatic rings. The number of rotatable bonds is 1. The molecule has 2 rings (SSSR count). The average Bonchev–Trinajstić information content (AvgIpc) is 2.57. The molecule has 0 aliphatic heterocycles. The molecule has 0 fully saturated rings. The average molecular weight is 222 g/mol. The molecule has 0 saturated heterocycles. The van der Waals surface area contributed by atoms with Crippen LogP contribution in [0.4, 0.5) is 0 Å². The smallest absolute Gasteiger partial charge is 0.408 e. The molecule has 1 heterocycles. The summed E-state index contributed by atoms with van der Waals surface area (Å²) in [6, 6.07) is 5.75. The van der Waals surface area contributed by atoms with Crippen molar-refractivity contribution in [3.05, 3.63) is 34.3 Å². The van der Waals surface area contributed by atoms with Crippen LogP contribution in [0.5, 0.6) is 0 Å². The van der Waals surface area contributed by atoms with Crippen molar-refractivity contribution in [1.82, 2.24) is 10.3 Å². The molecule has 4 heteroatoms. The standard InChI is InChI=1S/C10H11NO2.C2H7N/c1-6(2)7-3-4-9-8(5-7)11-10(12)13-9;1-3-2/h3-6H,1-2H3,(H,11,12);3H,1-2H3. The summed E-state index contributed by atoms with van der Waals surface area (Å²) < 4.78 is 4.89. The van der Waals surface area contributed by atoms with Gasteiger partial charge in [0, 0.05) is 0 Å². The molecule has 1 aromatic carbocycles. The minimum absolute atomic E-state index is 0.393. The van der Waals surface area contributed by atoms with E-state index in [1.165, 1.54) is 5.56 Å². The number of benzene rings is 1. The van der Waals surface area contributed by atoms with E-state index in [1.807, 2.05) is 32.3 Å². The second-order valence-corrected chi connectivity index (χ2v) is 3.92. The molecule has 0 amide bonds. The monoisotopic (exact) mass is 222 g/mol. The summed E-state index contributed by atoms with van der Waals surface area (Å²) in [4.78, 5) is 13.5. The third kappa shape index (κ3) is 2.97. The van der Waals surface area contributed by atoms with Crippen molar-refractivity contribution in [3.63, 3.8) is 0 Å². The molecule has 0 unspecified atom stereocenters. The van der Waals surface area contributed by atoms with Crippen molar-refractivity contribution >= 4 is 11.1 Å². The van der Waals surface area contributed by atoms with E-state index in [2.05, 4.69) is 24.1 Å². The van der Waals surface area contributed by atoms with Gasteiger partial charge in [0.1, 0.15) is 0 Å². The van der Waals surface area contributed by atoms with Crippen LogP contribution in [0.3, 0.4) is 0 Å². The molecular weight excluding hydrogens is 204 g/mol. The van der Waals surface area contributed by atoms with Crippen LogP contribution in [0.15, 0.2) is 27.4 Å². The molecule has 0 radical (unpaired) electrons. The van der Waals surface area contributed by atoms with Crippen LogP contribution >= 0.6 is 0 Å². The number of hydrogen-bond acceptors (Lipinski definition) is 3. The van der Waals surface area contributed by atoms with E-state index in [-0.39, 0.29) is 0 Å². The SMILES string of the molecule is CC(C)c1ccc2oc(=O)[nH]c2c1.CNC. The molecule has 0 aliphatic carbocycles. The number of nitrogens with one attached hydrogen (secondary N) is 2. The van der Waals surface area contributed by atoms with E-state index >= 15 is 0 Å². The number of aromatic amines is 1. The van der Waals surface area contributed by atoms with Crippen LogP contribution in [0.1, 0.15) is 25.3 Å². The molecule has 1 aromatic heterocycles. The van der Waals surface area contributed by atoms with Crippen molar-refractivity contribution in [1.29, 1.82) is 0 Å². The highest BCUT2D eigenvalue weighted by Crippen LogP contribution is 2.18. The minimum atomic E-state index is -0.393. The topological polar surface area (TPSA) is 58.0 Å². The highest BCUT2D eigenvalue weighted by Gasteiger charge is 2.03. The molecule has 0 spiro atoms. The molecule has 4 nitrogen and oxygen atoms in total. The lowest BCUT2D eigenvalue weighted by atomic mass is 10.0. The van der Waals surface area contributed by atoms with Gasteiger partial charge in [0.05, 0.1) is 5.52 Å². The first-order valence-electron chi connectivity index (χ1n) is 5.29. The van der Waals surface area contributed by atoms with Crippen molar-refractivity contribution < 1.29 is 4.42 Å². The van der Waals surface area contributed by atoms with E-state index < -0.39 is 5.76 Å². The second-order valence-electron chi connectivity index (χ2n) is 3.92. The van der Waals surface area contributed by atoms with E-state index in [9.17, 15) is 4.79 Å². The summed E-state index contributed by atoms with van der Waals surface area (Å²) in [5.74, 6) is 0.0682. The minimum Gasteiger partial charge on any atom is -0.408 e. The van der Waals surface area contributed by atoms with Gasteiger partial charge in [-0.3, -0.25) is 4.98 Å². The van der Waals surface area contributed by atoms with Crippen LogP contribution in [-0.2, 0) is 0 Å². The van der Waals surface area contributed by atoms with Crippen LogP contribution in [0, 0.1) is 0 Å². The lowest BCUT2D eigenvalue weighted by Crippen LogP contribution is -1.93. The maximum absolute atomic E-state index is 10.8. The second kappa shape index (κ2) is 5.51. The Labute approximate surface area is 94.7 Å². The third-order valence-corrected chi connectivity index (χ3v) is 2.11. The van der Waals surface area contributed by atoms with Crippen LogP contribution in [-0.4, -0.2) is 19.1 Å². The van der Waals surface area contributed by atoms with Gasteiger partial charge in [-0.1, -0.05) is 19.9 Å². The van der Waals surface area contributed by atoms with Crippen molar-refractivity contribution in [3.8, 4) is 0 Å². The van der Waals surface area contributed by atoms with E-state index in [0.717, 1.165) is 5.52 Å². The van der Waals surface area contributed by atoms with Gasteiger partial charge in [-0.05, 0) is 37.7 Å². The Morgan fingerprint density at radius 1 is 1.31 bits per heavy atom. The molecule has 0 aliphatic rings. The Hall–Kier alpha value is -1.55. The maximum Gasteiger partial charge on any atom is 0.417 e. The van der Waals surface area contributed by atoms with Crippen LogP contribution in [0.25, 0.3) is 11.1 Å². The summed E-state index contributed by atoms with van der Waals surface area (Å²) in [6.07, 6.45) is 0. The Morgan fingerprint density at radius 3 is 2.50 bits per heavy atom. The maximum atomic E-state index is 10.8. The first-order valence-corrected chi connectivity index (χ1v) is 5.29. The van der Waals surface area contributed by atoms with Gasteiger partial charge in [-0.2, -0.15) is 0 Å². The molecule has 88 valence electrons. The third-order valence-electron chi connectivity index (χ3n) is 2.11. The summed E-state index contributed by atoms with van der Waals surface area (Å²) in [6.45, 7) is 4.22. The van der Waals surface area contributed by atoms with Gasteiger partial charge in [0.25, 0.3) is 0 Å². The van der Waals surface area contributed by atoms with Gasteiger partial charge < -0.3 is 9.73 Å². The molecule has 2 N–H and O–H groups in total. The number of hydrogen-bond donors (Lipinski definition) is 2. The predicted molar refractivity (Wildman–Crippen MR) is 65.9 cm³/mol. The Balaban J connectivity index is 0.000000386. The van der Waals surface area contributed by atoms with Gasteiger partial charge in [0.15, 0.2) is 5.58 Å². The van der Waals surface area contributed by atoms with Crippen molar-refractivity contribution in [2.24, 2.45) is 0 Å². The van der Waals surface area contributed by atoms with E-state index in [0.29, 0.717) is 11.5 Å². The van der Waals surface area contributed by atoms with Gasteiger partial charge in [-0.25, -0.2) is 4.79 Å². The Morgan fingerprint density at radius 2 is 1.94 bits per heavy atom. The van der Waals surface area contributed by atoms with Crippen LogP contribution < -0.4 is 11.1 Å². The first kappa shape index (κ1) is 12.5. The Kier molecular flexibility index (Phi) is 4.31. The highest BCUT2D eigenvalue weighted by molar-refractivity contribution is 5.72. The summed E-state index contributed by atoms with van der Waals surface area (Å²) in [5, 5.41) is 2.75. The molecule has 0 saturated carbocycles. The fraction of sp³-hybridized carbons (Fsp3) is 0.417. The fourth-order valence-corrected chi connectivity index (χ4v) is 1.33. The lowest BCUT2D eigenvalue weighted by Gasteiger charge is -2.02. The van der Waals surface area contributed by atoms with E-state index in [1.54, 1.807) is 0 Å². The number of H-pyrrole nitrogens is 1. The fourth-order valence-electron chi connectivity index (χ4n) is 1.33. The van der Waals surface area contributed by atoms with Crippen molar-refractivity contribution in [2.45, 2.75) is 19.8 Å². The zero-order valence-corrected chi connectivity index (χ0v) is 10.1. The zero-order valence-electron chi connectivity index (χ0n) is 10.1. The number of fused-ring (bicyclic) bond motifs is 1. The van der Waals surface area contributed by atoms with Gasteiger partial charge >= 0.3 is 5.76 Å². The number of aromatic nitrogens is 1. The predicted octanol–water partition coefficient (Wildman–Crippen LogP) is 2.08. The summed E-state index contributed by atoms with van der Waals surface area (Å²) in [5.41, 5.74) is 2.59. The normalized spacial score (nSPS) is 10.3. The molecular formula is C12H18N2O2.